The number of rotatable bonds is 2. The number of hydrogen-bond donors (Lipinski definition) is 2. The van der Waals surface area contributed by atoms with E-state index in [1.807, 2.05) is 6.07 Å². The van der Waals surface area contributed by atoms with Crippen LogP contribution in [-0.4, -0.2) is 14.8 Å². The van der Waals surface area contributed by atoms with E-state index in [0.29, 0.717) is 26.9 Å². The van der Waals surface area contributed by atoms with Gasteiger partial charge in [0, 0.05) is 5.69 Å². The zero-order valence-electron chi connectivity index (χ0n) is 10.4. The zero-order chi connectivity index (χ0) is 14.8. The second kappa shape index (κ2) is 5.85. The summed E-state index contributed by atoms with van der Waals surface area (Å²) in [6, 6.07) is 9.86. The molecule has 1 aromatic heterocycles. The number of hydrogen-bond acceptors (Lipinski definition) is 4. The summed E-state index contributed by atoms with van der Waals surface area (Å²) in [4.78, 5) is 12.0. The van der Waals surface area contributed by atoms with Gasteiger partial charge in [-0.25, -0.2) is 4.79 Å². The van der Waals surface area contributed by atoms with Crippen LogP contribution in [0, 0.1) is 0 Å². The molecular formula is C13H8Cl2N4OS. The molecule has 0 unspecified atom stereocenters. The van der Waals surface area contributed by atoms with Crippen LogP contribution < -0.4 is 10.6 Å². The average Bonchev–Trinajstić information content (AvgIpc) is 2.92. The molecule has 8 heteroatoms. The fourth-order valence-corrected chi connectivity index (χ4v) is 2.61. The largest absolute Gasteiger partial charge is 0.323 e. The third kappa shape index (κ3) is 3.07. The van der Waals surface area contributed by atoms with Gasteiger partial charge in [0.1, 0.15) is 11.0 Å². The van der Waals surface area contributed by atoms with Gasteiger partial charge >= 0.3 is 6.03 Å². The molecule has 0 atom stereocenters. The first-order valence-corrected chi connectivity index (χ1v) is 7.36. The Kier molecular flexibility index (Phi) is 3.92. The molecule has 3 rings (SSSR count). The van der Waals surface area contributed by atoms with Crippen LogP contribution in [0.2, 0.25) is 10.0 Å². The molecule has 21 heavy (non-hydrogen) atoms. The molecule has 0 saturated heterocycles. The van der Waals surface area contributed by atoms with Gasteiger partial charge in [-0.2, -0.15) is 8.75 Å². The van der Waals surface area contributed by atoms with Gasteiger partial charge < -0.3 is 10.6 Å². The molecule has 2 aromatic carbocycles. The van der Waals surface area contributed by atoms with E-state index in [1.165, 1.54) is 0 Å². The summed E-state index contributed by atoms with van der Waals surface area (Å²) in [5, 5.41) is 6.22. The molecule has 0 spiro atoms. The van der Waals surface area contributed by atoms with Gasteiger partial charge in [-0.05, 0) is 30.3 Å². The lowest BCUT2D eigenvalue weighted by Gasteiger charge is -2.08. The molecule has 0 aliphatic carbocycles. The molecule has 5 nitrogen and oxygen atoms in total. The molecule has 2 amide bonds. The van der Waals surface area contributed by atoms with Crippen molar-refractivity contribution in [2.45, 2.75) is 0 Å². The van der Waals surface area contributed by atoms with Crippen LogP contribution in [0.5, 0.6) is 0 Å². The van der Waals surface area contributed by atoms with E-state index < -0.39 is 6.03 Å². The molecule has 0 radical (unpaired) electrons. The molecule has 0 saturated carbocycles. The van der Waals surface area contributed by atoms with Crippen LogP contribution in [0.15, 0.2) is 36.4 Å². The summed E-state index contributed by atoms with van der Waals surface area (Å²) in [6.45, 7) is 0. The smallest absolute Gasteiger partial charge is 0.308 e. The fourth-order valence-electron chi connectivity index (χ4n) is 1.77. The highest BCUT2D eigenvalue weighted by molar-refractivity contribution is 7.00. The van der Waals surface area contributed by atoms with Crippen molar-refractivity contribution in [1.82, 2.24) is 8.75 Å². The predicted molar refractivity (Wildman–Crippen MR) is 86.5 cm³/mol. The minimum absolute atomic E-state index is 0.375. The standard InChI is InChI=1S/C13H8Cl2N4OS/c14-8-5-4-7(6-9(8)15)16-13(20)17-10-2-1-3-11-12(10)19-21-18-11/h1-6H,(H2,16,17,20). The van der Waals surface area contributed by atoms with Crippen molar-refractivity contribution in [2.75, 3.05) is 10.6 Å². The predicted octanol–water partition coefficient (Wildman–Crippen LogP) is 4.64. The van der Waals surface area contributed by atoms with Gasteiger partial charge in [0.2, 0.25) is 0 Å². The number of nitrogens with zero attached hydrogens (tertiary/aromatic N) is 2. The van der Waals surface area contributed by atoms with Crippen LogP contribution in [0.3, 0.4) is 0 Å². The molecule has 1 heterocycles. The van der Waals surface area contributed by atoms with E-state index in [1.54, 1.807) is 30.3 Å². The summed E-state index contributed by atoms with van der Waals surface area (Å²) in [5.74, 6) is 0. The molecule has 0 aliphatic rings. The normalized spacial score (nSPS) is 10.6. The first-order valence-electron chi connectivity index (χ1n) is 5.88. The van der Waals surface area contributed by atoms with Crippen molar-refractivity contribution in [2.24, 2.45) is 0 Å². The van der Waals surface area contributed by atoms with E-state index in [2.05, 4.69) is 19.4 Å². The third-order valence-corrected chi connectivity index (χ3v) is 3.99. The molecule has 106 valence electrons. The van der Waals surface area contributed by atoms with Crippen LogP contribution in [0.25, 0.3) is 11.0 Å². The van der Waals surface area contributed by atoms with Crippen molar-refractivity contribution in [1.29, 1.82) is 0 Å². The van der Waals surface area contributed by atoms with E-state index in [0.717, 1.165) is 17.2 Å². The second-order valence-corrected chi connectivity index (χ2v) is 5.49. The lowest BCUT2D eigenvalue weighted by Crippen LogP contribution is -2.19. The van der Waals surface area contributed by atoms with Gasteiger partial charge in [-0.3, -0.25) is 0 Å². The van der Waals surface area contributed by atoms with E-state index in [9.17, 15) is 4.79 Å². The van der Waals surface area contributed by atoms with E-state index in [-0.39, 0.29) is 0 Å². The monoisotopic (exact) mass is 338 g/mol. The van der Waals surface area contributed by atoms with Crippen molar-refractivity contribution in [3.05, 3.63) is 46.4 Å². The number of aromatic nitrogens is 2. The number of nitrogens with one attached hydrogen (secondary N) is 2. The Hall–Kier alpha value is -1.89. The Morgan fingerprint density at radius 1 is 1.05 bits per heavy atom. The molecular weight excluding hydrogens is 331 g/mol. The quantitative estimate of drug-likeness (QED) is 0.715. The highest BCUT2D eigenvalue weighted by atomic mass is 35.5. The molecule has 0 bridgehead atoms. The van der Waals surface area contributed by atoms with Crippen LogP contribution >= 0.6 is 34.9 Å². The zero-order valence-corrected chi connectivity index (χ0v) is 12.8. The van der Waals surface area contributed by atoms with Crippen LogP contribution in [0.4, 0.5) is 16.2 Å². The molecule has 3 aromatic rings. The van der Waals surface area contributed by atoms with Crippen molar-refractivity contribution in [3.63, 3.8) is 0 Å². The Bertz CT molecular complexity index is 821. The Balaban J connectivity index is 1.77. The topological polar surface area (TPSA) is 66.9 Å². The maximum atomic E-state index is 12.0. The van der Waals surface area contributed by atoms with Gasteiger partial charge in [-0.15, -0.1) is 0 Å². The third-order valence-electron chi connectivity index (χ3n) is 2.71. The van der Waals surface area contributed by atoms with Gasteiger partial charge in [0.15, 0.2) is 0 Å². The van der Waals surface area contributed by atoms with Crippen LogP contribution in [0.1, 0.15) is 0 Å². The number of carbonyl (C=O) groups is 1. The maximum absolute atomic E-state index is 12.0. The Morgan fingerprint density at radius 3 is 2.71 bits per heavy atom. The van der Waals surface area contributed by atoms with Crippen molar-refractivity contribution < 1.29 is 4.79 Å². The minimum Gasteiger partial charge on any atom is -0.308 e. The van der Waals surface area contributed by atoms with Crippen LogP contribution in [-0.2, 0) is 0 Å². The SMILES string of the molecule is O=C(Nc1ccc(Cl)c(Cl)c1)Nc1cccc2nsnc12. The first kappa shape index (κ1) is 14.1. The Morgan fingerprint density at radius 2 is 1.90 bits per heavy atom. The average molecular weight is 339 g/mol. The number of urea groups is 1. The van der Waals surface area contributed by atoms with Crippen molar-refractivity contribution in [3.8, 4) is 0 Å². The summed E-state index contributed by atoms with van der Waals surface area (Å²) in [6.07, 6.45) is 0. The number of anilines is 2. The molecule has 2 N–H and O–H groups in total. The Labute approximate surface area is 134 Å². The highest BCUT2D eigenvalue weighted by Gasteiger charge is 2.09. The molecule has 0 aliphatic heterocycles. The maximum Gasteiger partial charge on any atom is 0.323 e. The summed E-state index contributed by atoms with van der Waals surface area (Å²) < 4.78 is 8.27. The number of carbonyl (C=O) groups excluding carboxylic acids is 1. The van der Waals surface area contributed by atoms with Gasteiger partial charge in [0.05, 0.1) is 27.5 Å². The van der Waals surface area contributed by atoms with Crippen molar-refractivity contribution >= 4 is 63.4 Å². The van der Waals surface area contributed by atoms with E-state index >= 15 is 0 Å². The lowest BCUT2D eigenvalue weighted by atomic mass is 10.2. The number of fused-ring (bicyclic) bond motifs is 1. The highest BCUT2D eigenvalue weighted by Crippen LogP contribution is 2.25. The van der Waals surface area contributed by atoms with Gasteiger partial charge in [0.25, 0.3) is 0 Å². The first-order chi connectivity index (χ1) is 10.1. The number of benzene rings is 2. The molecule has 0 fully saturated rings. The fraction of sp³-hybridized carbons (Fsp3) is 0. The number of amides is 2. The second-order valence-electron chi connectivity index (χ2n) is 4.15. The number of halogens is 2. The summed E-state index contributed by atoms with van der Waals surface area (Å²) in [7, 11) is 0. The summed E-state index contributed by atoms with van der Waals surface area (Å²) >= 11 is 12.8. The summed E-state index contributed by atoms with van der Waals surface area (Å²) in [5.41, 5.74) is 2.54. The van der Waals surface area contributed by atoms with E-state index in [4.69, 9.17) is 23.2 Å². The lowest BCUT2D eigenvalue weighted by molar-refractivity contribution is 0.262. The minimum atomic E-state index is -0.395. The van der Waals surface area contributed by atoms with Gasteiger partial charge in [-0.1, -0.05) is 29.3 Å².